The van der Waals surface area contributed by atoms with Crippen molar-refractivity contribution in [2.24, 2.45) is 0 Å². The smallest absolute Gasteiger partial charge is 0.118 e. The van der Waals surface area contributed by atoms with Crippen molar-refractivity contribution in [3.63, 3.8) is 0 Å². The molecular formula is C18H21NO. The number of nitrogens with one attached hydrogen (secondary N) is 1. The Morgan fingerprint density at radius 3 is 2.45 bits per heavy atom. The molecule has 0 aliphatic rings. The van der Waals surface area contributed by atoms with Gasteiger partial charge < -0.3 is 10.1 Å². The molecule has 0 aromatic heterocycles. The van der Waals surface area contributed by atoms with E-state index in [-0.39, 0.29) is 0 Å². The van der Waals surface area contributed by atoms with E-state index >= 15 is 0 Å². The van der Waals surface area contributed by atoms with Gasteiger partial charge in [-0.3, -0.25) is 0 Å². The van der Waals surface area contributed by atoms with E-state index in [1.807, 2.05) is 18.2 Å². The molecule has 0 aliphatic carbocycles. The van der Waals surface area contributed by atoms with E-state index in [9.17, 15) is 0 Å². The van der Waals surface area contributed by atoms with Crippen molar-refractivity contribution in [1.82, 2.24) is 5.32 Å². The lowest BCUT2D eigenvalue weighted by Gasteiger charge is -2.04. The van der Waals surface area contributed by atoms with Crippen molar-refractivity contribution in [1.29, 1.82) is 0 Å². The average Bonchev–Trinajstić information content (AvgIpc) is 2.52. The minimum Gasteiger partial charge on any atom is -0.497 e. The summed E-state index contributed by atoms with van der Waals surface area (Å²) < 4.78 is 5.14. The van der Waals surface area contributed by atoms with Crippen molar-refractivity contribution in [3.05, 3.63) is 71.8 Å². The zero-order chi connectivity index (χ0) is 14.0. The normalized spacial score (nSPS) is 10.8. The number of hydrogen-bond donors (Lipinski definition) is 1. The van der Waals surface area contributed by atoms with E-state index in [0.717, 1.165) is 25.3 Å². The summed E-state index contributed by atoms with van der Waals surface area (Å²) in [6.07, 6.45) is 5.40. The highest BCUT2D eigenvalue weighted by atomic mass is 16.5. The summed E-state index contributed by atoms with van der Waals surface area (Å²) in [6.45, 7) is 1.87. The van der Waals surface area contributed by atoms with Crippen molar-refractivity contribution < 1.29 is 4.74 Å². The topological polar surface area (TPSA) is 21.3 Å². The molecule has 104 valence electrons. The predicted octanol–water partition coefficient (Wildman–Crippen LogP) is 3.89. The van der Waals surface area contributed by atoms with Crippen molar-refractivity contribution in [3.8, 4) is 5.75 Å². The zero-order valence-corrected chi connectivity index (χ0v) is 11.9. The molecule has 0 spiro atoms. The third-order valence-corrected chi connectivity index (χ3v) is 3.09. The van der Waals surface area contributed by atoms with Crippen LogP contribution < -0.4 is 10.1 Å². The average molecular weight is 267 g/mol. The molecule has 0 fully saturated rings. The molecule has 0 bridgehead atoms. The zero-order valence-electron chi connectivity index (χ0n) is 11.9. The van der Waals surface area contributed by atoms with Crippen LogP contribution >= 0.6 is 0 Å². The van der Waals surface area contributed by atoms with E-state index < -0.39 is 0 Å². The van der Waals surface area contributed by atoms with Crippen LogP contribution in [-0.2, 0) is 6.54 Å². The Bertz CT molecular complexity index is 517. The van der Waals surface area contributed by atoms with E-state index in [0.29, 0.717) is 0 Å². The molecule has 2 heteroatoms. The standard InChI is InChI=1S/C18H21NO/c1-20-18-12-10-17(11-13-18)15-19-14-6-5-9-16-7-3-2-4-8-16/h2-5,7-13,19H,6,14-15H2,1H3/b9-5+. The van der Waals surface area contributed by atoms with E-state index in [2.05, 4.69) is 53.9 Å². The molecule has 2 rings (SSSR count). The van der Waals surface area contributed by atoms with Crippen LogP contribution in [0.4, 0.5) is 0 Å². The van der Waals surface area contributed by atoms with Gasteiger partial charge in [0.1, 0.15) is 5.75 Å². The highest BCUT2D eigenvalue weighted by molar-refractivity contribution is 5.48. The molecule has 0 atom stereocenters. The summed E-state index contributed by atoms with van der Waals surface area (Å²) in [5.41, 5.74) is 2.53. The second-order valence-corrected chi connectivity index (χ2v) is 4.63. The van der Waals surface area contributed by atoms with Crippen LogP contribution in [0.3, 0.4) is 0 Å². The first-order valence-corrected chi connectivity index (χ1v) is 6.94. The van der Waals surface area contributed by atoms with Gasteiger partial charge in [0, 0.05) is 6.54 Å². The Labute approximate surface area is 121 Å². The van der Waals surface area contributed by atoms with E-state index in [4.69, 9.17) is 4.74 Å². The van der Waals surface area contributed by atoms with Crippen LogP contribution in [0.15, 0.2) is 60.7 Å². The van der Waals surface area contributed by atoms with Crippen LogP contribution in [0, 0.1) is 0 Å². The summed E-state index contributed by atoms with van der Waals surface area (Å²) in [5, 5.41) is 3.43. The third kappa shape index (κ3) is 4.90. The van der Waals surface area contributed by atoms with Gasteiger partial charge in [0.2, 0.25) is 0 Å². The van der Waals surface area contributed by atoms with Crippen LogP contribution in [-0.4, -0.2) is 13.7 Å². The van der Waals surface area contributed by atoms with Gasteiger partial charge in [-0.25, -0.2) is 0 Å². The highest BCUT2D eigenvalue weighted by Crippen LogP contribution is 2.10. The molecule has 0 amide bonds. The lowest BCUT2D eigenvalue weighted by atomic mass is 10.2. The lowest BCUT2D eigenvalue weighted by molar-refractivity contribution is 0.414. The Morgan fingerprint density at radius 2 is 1.75 bits per heavy atom. The van der Waals surface area contributed by atoms with Gasteiger partial charge in [0.05, 0.1) is 7.11 Å². The molecule has 0 saturated carbocycles. The maximum Gasteiger partial charge on any atom is 0.118 e. The molecule has 0 radical (unpaired) electrons. The Balaban J connectivity index is 1.65. The number of hydrogen-bond acceptors (Lipinski definition) is 2. The summed E-state index contributed by atoms with van der Waals surface area (Å²) in [6, 6.07) is 18.5. The third-order valence-electron chi connectivity index (χ3n) is 3.09. The lowest BCUT2D eigenvalue weighted by Crippen LogP contribution is -2.13. The minimum atomic E-state index is 0.892. The Morgan fingerprint density at radius 1 is 1.00 bits per heavy atom. The van der Waals surface area contributed by atoms with Gasteiger partial charge >= 0.3 is 0 Å². The molecule has 2 nitrogen and oxygen atoms in total. The number of rotatable bonds is 7. The van der Waals surface area contributed by atoms with Gasteiger partial charge in [-0.2, -0.15) is 0 Å². The van der Waals surface area contributed by atoms with Gasteiger partial charge in [0.15, 0.2) is 0 Å². The Kier molecular flexibility index (Phi) is 5.87. The maximum atomic E-state index is 5.14. The van der Waals surface area contributed by atoms with Gasteiger partial charge in [0.25, 0.3) is 0 Å². The SMILES string of the molecule is COc1ccc(CNCC/C=C/c2ccccc2)cc1. The van der Waals surface area contributed by atoms with E-state index in [1.165, 1.54) is 11.1 Å². The predicted molar refractivity (Wildman–Crippen MR) is 84.8 cm³/mol. The molecule has 2 aromatic carbocycles. The number of benzene rings is 2. The number of methoxy groups -OCH3 is 1. The van der Waals surface area contributed by atoms with Crippen LogP contribution in [0.1, 0.15) is 17.5 Å². The first-order valence-electron chi connectivity index (χ1n) is 6.94. The quantitative estimate of drug-likeness (QED) is 0.768. The summed E-state index contributed by atoms with van der Waals surface area (Å²) in [5.74, 6) is 0.902. The molecule has 0 heterocycles. The molecule has 1 N–H and O–H groups in total. The van der Waals surface area contributed by atoms with Gasteiger partial charge in [-0.1, -0.05) is 54.6 Å². The molecule has 0 unspecified atom stereocenters. The first-order chi connectivity index (χ1) is 9.88. The molecule has 2 aromatic rings. The van der Waals surface area contributed by atoms with Crippen molar-refractivity contribution >= 4 is 6.08 Å². The second kappa shape index (κ2) is 8.18. The monoisotopic (exact) mass is 267 g/mol. The fraction of sp³-hybridized carbons (Fsp3) is 0.222. The number of ether oxygens (including phenoxy) is 1. The van der Waals surface area contributed by atoms with Gasteiger partial charge in [-0.05, 0) is 36.2 Å². The molecular weight excluding hydrogens is 246 g/mol. The highest BCUT2D eigenvalue weighted by Gasteiger charge is 1.93. The Hall–Kier alpha value is -2.06. The summed E-state index contributed by atoms with van der Waals surface area (Å²) in [7, 11) is 1.69. The fourth-order valence-corrected chi connectivity index (χ4v) is 1.95. The van der Waals surface area contributed by atoms with Gasteiger partial charge in [-0.15, -0.1) is 0 Å². The molecule has 20 heavy (non-hydrogen) atoms. The minimum absolute atomic E-state index is 0.892. The summed E-state index contributed by atoms with van der Waals surface area (Å²) in [4.78, 5) is 0. The second-order valence-electron chi connectivity index (χ2n) is 4.63. The van der Waals surface area contributed by atoms with Crippen LogP contribution in [0.2, 0.25) is 0 Å². The van der Waals surface area contributed by atoms with Crippen LogP contribution in [0.25, 0.3) is 6.08 Å². The maximum absolute atomic E-state index is 5.14. The molecule has 0 saturated heterocycles. The van der Waals surface area contributed by atoms with Crippen LogP contribution in [0.5, 0.6) is 5.75 Å². The van der Waals surface area contributed by atoms with Crippen molar-refractivity contribution in [2.75, 3.05) is 13.7 Å². The largest absolute Gasteiger partial charge is 0.497 e. The van der Waals surface area contributed by atoms with Crippen molar-refractivity contribution in [2.45, 2.75) is 13.0 Å². The van der Waals surface area contributed by atoms with E-state index in [1.54, 1.807) is 7.11 Å². The molecule has 0 aliphatic heterocycles. The first kappa shape index (κ1) is 14.4. The fourth-order valence-electron chi connectivity index (χ4n) is 1.95. The summed E-state index contributed by atoms with van der Waals surface area (Å²) >= 11 is 0.